The third-order valence-electron chi connectivity index (χ3n) is 3.88. The summed E-state index contributed by atoms with van der Waals surface area (Å²) in [7, 11) is 0. The highest BCUT2D eigenvalue weighted by molar-refractivity contribution is 5.47. The maximum atomic E-state index is 5.84. The van der Waals surface area contributed by atoms with Crippen LogP contribution < -0.4 is 11.1 Å². The quantitative estimate of drug-likeness (QED) is 0.827. The van der Waals surface area contributed by atoms with Crippen molar-refractivity contribution in [3.8, 4) is 0 Å². The van der Waals surface area contributed by atoms with Crippen LogP contribution in [0.4, 0.5) is 5.69 Å². The molecule has 1 aromatic carbocycles. The SMILES string of the molecule is C[C@H](NC1CCc2cc(N)ccc21)c1cccnc1. The van der Waals surface area contributed by atoms with Crippen molar-refractivity contribution in [3.63, 3.8) is 0 Å². The second-order valence-corrected chi connectivity index (χ2v) is 5.22. The molecule has 1 heterocycles. The molecule has 2 atom stereocenters. The molecule has 2 aromatic rings. The highest BCUT2D eigenvalue weighted by atomic mass is 15.0. The van der Waals surface area contributed by atoms with Crippen molar-refractivity contribution in [3.05, 3.63) is 59.4 Å². The molecule has 1 aromatic heterocycles. The van der Waals surface area contributed by atoms with Crippen molar-refractivity contribution in [2.24, 2.45) is 0 Å². The van der Waals surface area contributed by atoms with Gasteiger partial charge in [0, 0.05) is 30.2 Å². The molecular formula is C16H19N3. The number of rotatable bonds is 3. The number of aromatic nitrogens is 1. The van der Waals surface area contributed by atoms with E-state index in [9.17, 15) is 0 Å². The minimum atomic E-state index is 0.308. The number of fused-ring (bicyclic) bond motifs is 1. The van der Waals surface area contributed by atoms with E-state index in [0.29, 0.717) is 12.1 Å². The fraction of sp³-hybridized carbons (Fsp3) is 0.312. The molecule has 1 unspecified atom stereocenters. The van der Waals surface area contributed by atoms with Gasteiger partial charge in [-0.05, 0) is 54.7 Å². The number of nitrogens with zero attached hydrogens (tertiary/aromatic N) is 1. The predicted molar refractivity (Wildman–Crippen MR) is 77.7 cm³/mol. The number of benzene rings is 1. The normalized spacial score (nSPS) is 19.1. The van der Waals surface area contributed by atoms with Crippen LogP contribution >= 0.6 is 0 Å². The first kappa shape index (κ1) is 12.2. The van der Waals surface area contributed by atoms with Gasteiger partial charge in [0.05, 0.1) is 0 Å². The Kier molecular flexibility index (Phi) is 3.22. The summed E-state index contributed by atoms with van der Waals surface area (Å²) in [6.45, 7) is 2.19. The largest absolute Gasteiger partial charge is 0.399 e. The number of hydrogen-bond donors (Lipinski definition) is 2. The number of anilines is 1. The van der Waals surface area contributed by atoms with Gasteiger partial charge in [-0.1, -0.05) is 12.1 Å². The van der Waals surface area contributed by atoms with Gasteiger partial charge in [-0.15, -0.1) is 0 Å². The molecule has 1 aliphatic carbocycles. The summed E-state index contributed by atoms with van der Waals surface area (Å²) in [5, 5.41) is 3.69. The molecular weight excluding hydrogens is 234 g/mol. The third kappa shape index (κ3) is 2.47. The monoisotopic (exact) mass is 253 g/mol. The summed E-state index contributed by atoms with van der Waals surface area (Å²) in [5.41, 5.74) is 10.7. The highest BCUT2D eigenvalue weighted by Crippen LogP contribution is 2.33. The lowest BCUT2D eigenvalue weighted by atomic mass is 10.0. The van der Waals surface area contributed by atoms with Crippen LogP contribution in [0.25, 0.3) is 0 Å². The number of pyridine rings is 1. The molecule has 0 aliphatic heterocycles. The molecule has 1 aliphatic rings. The van der Waals surface area contributed by atoms with Crippen molar-refractivity contribution in [2.45, 2.75) is 31.8 Å². The van der Waals surface area contributed by atoms with Crippen LogP contribution in [0.5, 0.6) is 0 Å². The van der Waals surface area contributed by atoms with E-state index in [4.69, 9.17) is 5.73 Å². The van der Waals surface area contributed by atoms with Crippen LogP contribution in [0, 0.1) is 0 Å². The van der Waals surface area contributed by atoms with E-state index >= 15 is 0 Å². The first-order valence-electron chi connectivity index (χ1n) is 6.78. The molecule has 0 amide bonds. The third-order valence-corrected chi connectivity index (χ3v) is 3.88. The highest BCUT2D eigenvalue weighted by Gasteiger charge is 2.23. The van der Waals surface area contributed by atoms with E-state index in [1.807, 2.05) is 24.5 Å². The Balaban J connectivity index is 1.76. The van der Waals surface area contributed by atoms with Gasteiger partial charge in [-0.25, -0.2) is 0 Å². The average molecular weight is 253 g/mol. The maximum absolute atomic E-state index is 5.84. The standard InChI is InChI=1S/C16H19N3/c1-11(13-3-2-8-18-10-13)19-16-7-4-12-9-14(17)5-6-15(12)16/h2-3,5-6,8-11,16,19H,4,7,17H2,1H3/t11-,16?/m0/s1. The Morgan fingerprint density at radius 2 is 2.26 bits per heavy atom. The van der Waals surface area contributed by atoms with E-state index in [0.717, 1.165) is 18.5 Å². The Labute approximate surface area is 113 Å². The molecule has 3 heteroatoms. The first-order valence-corrected chi connectivity index (χ1v) is 6.78. The molecule has 98 valence electrons. The zero-order valence-electron chi connectivity index (χ0n) is 11.1. The number of nitrogens with one attached hydrogen (secondary N) is 1. The smallest absolute Gasteiger partial charge is 0.0331 e. The van der Waals surface area contributed by atoms with Crippen LogP contribution in [0.1, 0.15) is 42.1 Å². The molecule has 0 spiro atoms. The summed E-state index contributed by atoms with van der Waals surface area (Å²) < 4.78 is 0. The van der Waals surface area contributed by atoms with Crippen molar-refractivity contribution >= 4 is 5.69 Å². The molecule has 0 fully saturated rings. The molecule has 0 radical (unpaired) electrons. The molecule has 3 N–H and O–H groups in total. The molecule has 19 heavy (non-hydrogen) atoms. The van der Waals surface area contributed by atoms with Gasteiger partial charge >= 0.3 is 0 Å². The second-order valence-electron chi connectivity index (χ2n) is 5.22. The van der Waals surface area contributed by atoms with E-state index in [1.165, 1.54) is 16.7 Å². The summed E-state index contributed by atoms with van der Waals surface area (Å²) in [6.07, 6.45) is 5.99. The topological polar surface area (TPSA) is 50.9 Å². The molecule has 0 saturated carbocycles. The zero-order chi connectivity index (χ0) is 13.2. The molecule has 0 saturated heterocycles. The minimum Gasteiger partial charge on any atom is -0.399 e. The first-order chi connectivity index (χ1) is 9.24. The van der Waals surface area contributed by atoms with Gasteiger partial charge in [0.2, 0.25) is 0 Å². The van der Waals surface area contributed by atoms with Crippen molar-refractivity contribution in [1.29, 1.82) is 0 Å². The lowest BCUT2D eigenvalue weighted by molar-refractivity contribution is 0.464. The summed E-state index contributed by atoms with van der Waals surface area (Å²) in [5.74, 6) is 0. The number of hydrogen-bond acceptors (Lipinski definition) is 3. The number of nitrogens with two attached hydrogens (primary N) is 1. The van der Waals surface area contributed by atoms with Crippen LogP contribution in [0.15, 0.2) is 42.7 Å². The van der Waals surface area contributed by atoms with E-state index in [-0.39, 0.29) is 0 Å². The van der Waals surface area contributed by atoms with Crippen LogP contribution in [0.2, 0.25) is 0 Å². The minimum absolute atomic E-state index is 0.308. The Morgan fingerprint density at radius 1 is 1.37 bits per heavy atom. The van der Waals surface area contributed by atoms with Crippen molar-refractivity contribution in [1.82, 2.24) is 10.3 Å². The molecule has 3 nitrogen and oxygen atoms in total. The Morgan fingerprint density at radius 3 is 3.05 bits per heavy atom. The van der Waals surface area contributed by atoms with Gasteiger partial charge in [-0.2, -0.15) is 0 Å². The number of aryl methyl sites for hydroxylation is 1. The lowest BCUT2D eigenvalue weighted by Crippen LogP contribution is -2.23. The predicted octanol–water partition coefficient (Wildman–Crippen LogP) is 3.00. The molecule has 3 rings (SSSR count). The van der Waals surface area contributed by atoms with E-state index in [2.05, 4.69) is 35.4 Å². The van der Waals surface area contributed by atoms with Crippen molar-refractivity contribution < 1.29 is 0 Å². The van der Waals surface area contributed by atoms with E-state index in [1.54, 1.807) is 0 Å². The van der Waals surface area contributed by atoms with Gasteiger partial charge < -0.3 is 11.1 Å². The summed E-state index contributed by atoms with van der Waals surface area (Å²) in [6, 6.07) is 11.1. The average Bonchev–Trinajstić information content (AvgIpc) is 2.82. The Bertz CT molecular complexity index is 565. The maximum Gasteiger partial charge on any atom is 0.0331 e. The van der Waals surface area contributed by atoms with Gasteiger partial charge in [0.15, 0.2) is 0 Å². The Hall–Kier alpha value is -1.87. The van der Waals surface area contributed by atoms with Crippen LogP contribution in [-0.4, -0.2) is 4.98 Å². The van der Waals surface area contributed by atoms with Crippen LogP contribution in [0.3, 0.4) is 0 Å². The van der Waals surface area contributed by atoms with E-state index < -0.39 is 0 Å². The lowest BCUT2D eigenvalue weighted by Gasteiger charge is -2.20. The van der Waals surface area contributed by atoms with Gasteiger partial charge in [-0.3, -0.25) is 4.98 Å². The van der Waals surface area contributed by atoms with Crippen molar-refractivity contribution in [2.75, 3.05) is 5.73 Å². The van der Waals surface area contributed by atoms with Crippen LogP contribution in [-0.2, 0) is 6.42 Å². The van der Waals surface area contributed by atoms with Gasteiger partial charge in [0.25, 0.3) is 0 Å². The summed E-state index contributed by atoms with van der Waals surface area (Å²) in [4.78, 5) is 4.18. The van der Waals surface area contributed by atoms with Gasteiger partial charge in [0.1, 0.15) is 0 Å². The fourth-order valence-corrected chi connectivity index (χ4v) is 2.84. The fourth-order valence-electron chi connectivity index (χ4n) is 2.84. The summed E-state index contributed by atoms with van der Waals surface area (Å²) >= 11 is 0. The zero-order valence-corrected chi connectivity index (χ0v) is 11.1. The second kappa shape index (κ2) is 5.02. The number of nitrogen functional groups attached to an aromatic ring is 1. The molecule has 0 bridgehead atoms.